The van der Waals surface area contributed by atoms with Crippen molar-refractivity contribution in [3.63, 3.8) is 0 Å². The molecule has 3 nitrogen and oxygen atoms in total. The van der Waals surface area contributed by atoms with Gasteiger partial charge in [-0.05, 0) is 6.07 Å². The number of anilines is 2. The van der Waals surface area contributed by atoms with E-state index in [9.17, 15) is 0 Å². The van der Waals surface area contributed by atoms with Crippen LogP contribution in [0.15, 0.2) is 12.3 Å². The SMILES string of the molecule is c1cc2c([nH]1)NCN2. The third-order valence-corrected chi connectivity index (χ3v) is 1.29. The zero-order valence-electron chi connectivity index (χ0n) is 4.36. The van der Waals surface area contributed by atoms with Crippen LogP contribution in [0.3, 0.4) is 0 Å². The molecule has 0 amide bonds. The molecule has 0 bridgehead atoms. The van der Waals surface area contributed by atoms with Crippen LogP contribution in [0.5, 0.6) is 0 Å². The molecule has 8 heavy (non-hydrogen) atoms. The first-order chi connectivity index (χ1) is 3.97. The van der Waals surface area contributed by atoms with Crippen molar-refractivity contribution in [2.75, 3.05) is 17.3 Å². The van der Waals surface area contributed by atoms with E-state index in [2.05, 4.69) is 15.6 Å². The quantitative estimate of drug-likeness (QED) is 0.461. The number of aromatic nitrogens is 1. The van der Waals surface area contributed by atoms with Gasteiger partial charge in [0.05, 0.1) is 12.4 Å². The van der Waals surface area contributed by atoms with Crippen molar-refractivity contribution in [3.8, 4) is 0 Å². The van der Waals surface area contributed by atoms with Crippen LogP contribution in [-0.2, 0) is 0 Å². The van der Waals surface area contributed by atoms with Crippen molar-refractivity contribution in [3.05, 3.63) is 12.3 Å². The number of H-pyrrole nitrogens is 1. The van der Waals surface area contributed by atoms with Gasteiger partial charge in [0, 0.05) is 6.20 Å². The van der Waals surface area contributed by atoms with Gasteiger partial charge in [0.25, 0.3) is 0 Å². The van der Waals surface area contributed by atoms with Gasteiger partial charge in [0.2, 0.25) is 0 Å². The maximum atomic E-state index is 3.14. The molecule has 0 fully saturated rings. The van der Waals surface area contributed by atoms with Crippen LogP contribution in [-0.4, -0.2) is 11.7 Å². The van der Waals surface area contributed by atoms with Crippen molar-refractivity contribution in [1.82, 2.24) is 4.98 Å². The summed E-state index contributed by atoms with van der Waals surface area (Å²) in [5.41, 5.74) is 1.17. The lowest BCUT2D eigenvalue weighted by Gasteiger charge is -1.86. The lowest BCUT2D eigenvalue weighted by Crippen LogP contribution is -2.00. The first kappa shape index (κ1) is 3.83. The maximum absolute atomic E-state index is 3.14. The highest BCUT2D eigenvalue weighted by Gasteiger charge is 2.06. The summed E-state index contributed by atoms with van der Waals surface area (Å²) in [5.74, 6) is 1.10. The molecule has 0 saturated heterocycles. The molecule has 3 heteroatoms. The van der Waals surface area contributed by atoms with Gasteiger partial charge >= 0.3 is 0 Å². The molecule has 2 rings (SSSR count). The fourth-order valence-corrected chi connectivity index (χ4v) is 0.891. The minimum absolute atomic E-state index is 0.849. The summed E-state index contributed by atoms with van der Waals surface area (Å²) in [6.07, 6.45) is 1.91. The zero-order valence-corrected chi connectivity index (χ0v) is 4.36. The van der Waals surface area contributed by atoms with Gasteiger partial charge in [-0.3, -0.25) is 0 Å². The molecule has 2 heterocycles. The predicted octanol–water partition coefficient (Wildman–Crippen LogP) is 0.810. The highest BCUT2D eigenvalue weighted by molar-refractivity contribution is 5.69. The highest BCUT2D eigenvalue weighted by Crippen LogP contribution is 2.22. The number of hydrogen-bond donors (Lipinski definition) is 3. The van der Waals surface area contributed by atoms with E-state index in [-0.39, 0.29) is 0 Å². The molecule has 1 aromatic rings. The van der Waals surface area contributed by atoms with Gasteiger partial charge in [0.15, 0.2) is 0 Å². The fraction of sp³-hybridized carbons (Fsp3) is 0.200. The molecule has 1 aliphatic rings. The van der Waals surface area contributed by atoms with Crippen molar-refractivity contribution in [2.45, 2.75) is 0 Å². The van der Waals surface area contributed by atoms with E-state index >= 15 is 0 Å². The molecule has 42 valence electrons. The van der Waals surface area contributed by atoms with E-state index in [0.29, 0.717) is 0 Å². The summed E-state index contributed by atoms with van der Waals surface area (Å²) in [7, 11) is 0. The third-order valence-electron chi connectivity index (χ3n) is 1.29. The summed E-state index contributed by atoms with van der Waals surface area (Å²) >= 11 is 0. The van der Waals surface area contributed by atoms with E-state index in [1.165, 1.54) is 5.69 Å². The highest BCUT2D eigenvalue weighted by atomic mass is 15.2. The Bertz CT molecular complexity index is 173. The van der Waals surface area contributed by atoms with Crippen LogP contribution in [0.1, 0.15) is 0 Å². The number of fused-ring (bicyclic) bond motifs is 1. The third kappa shape index (κ3) is 0.332. The lowest BCUT2D eigenvalue weighted by atomic mass is 10.5. The predicted molar refractivity (Wildman–Crippen MR) is 32.9 cm³/mol. The van der Waals surface area contributed by atoms with E-state index < -0.39 is 0 Å². The molecule has 0 radical (unpaired) electrons. The molecule has 3 N–H and O–H groups in total. The Morgan fingerprint density at radius 3 is 3.25 bits per heavy atom. The van der Waals surface area contributed by atoms with Gasteiger partial charge in [-0.1, -0.05) is 0 Å². The Morgan fingerprint density at radius 1 is 1.38 bits per heavy atom. The minimum Gasteiger partial charge on any atom is -0.365 e. The standard InChI is InChI=1S/C5H7N3/c1-2-6-5-4(1)7-3-8-5/h1-2,6-8H,3H2. The van der Waals surface area contributed by atoms with E-state index in [1.807, 2.05) is 12.3 Å². The van der Waals surface area contributed by atoms with E-state index in [0.717, 1.165) is 12.5 Å². The molecular weight excluding hydrogens is 102 g/mol. The second-order valence-electron chi connectivity index (χ2n) is 1.80. The number of hydrogen-bond acceptors (Lipinski definition) is 2. The van der Waals surface area contributed by atoms with Crippen molar-refractivity contribution < 1.29 is 0 Å². The molecule has 1 aromatic heterocycles. The van der Waals surface area contributed by atoms with Crippen LogP contribution >= 0.6 is 0 Å². The average Bonchev–Trinajstić information content (AvgIpc) is 2.15. The largest absolute Gasteiger partial charge is 0.365 e. The van der Waals surface area contributed by atoms with Crippen LogP contribution < -0.4 is 10.6 Å². The molecule has 0 aromatic carbocycles. The second-order valence-corrected chi connectivity index (χ2v) is 1.80. The summed E-state index contributed by atoms with van der Waals surface area (Å²) < 4.78 is 0. The first-order valence-electron chi connectivity index (χ1n) is 2.62. The topological polar surface area (TPSA) is 39.9 Å². The number of aromatic amines is 1. The summed E-state index contributed by atoms with van der Waals surface area (Å²) in [6, 6.07) is 2.01. The Balaban J connectivity index is 2.54. The van der Waals surface area contributed by atoms with Gasteiger partial charge in [-0.15, -0.1) is 0 Å². The van der Waals surface area contributed by atoms with Crippen molar-refractivity contribution in [2.24, 2.45) is 0 Å². The molecule has 0 aliphatic carbocycles. The Kier molecular flexibility index (Phi) is 0.566. The van der Waals surface area contributed by atoms with Crippen LogP contribution in [0.25, 0.3) is 0 Å². The van der Waals surface area contributed by atoms with Crippen molar-refractivity contribution >= 4 is 11.5 Å². The lowest BCUT2D eigenvalue weighted by molar-refractivity contribution is 1.26. The normalized spacial score (nSPS) is 14.5. The van der Waals surface area contributed by atoms with Crippen LogP contribution in [0, 0.1) is 0 Å². The van der Waals surface area contributed by atoms with Gasteiger partial charge in [-0.2, -0.15) is 0 Å². The van der Waals surface area contributed by atoms with Gasteiger partial charge in [-0.25, -0.2) is 0 Å². The Labute approximate surface area is 47.1 Å². The van der Waals surface area contributed by atoms with E-state index in [1.54, 1.807) is 0 Å². The van der Waals surface area contributed by atoms with Crippen LogP contribution in [0.4, 0.5) is 11.5 Å². The molecule has 0 spiro atoms. The zero-order chi connectivity index (χ0) is 5.40. The average molecular weight is 109 g/mol. The van der Waals surface area contributed by atoms with Crippen molar-refractivity contribution in [1.29, 1.82) is 0 Å². The smallest absolute Gasteiger partial charge is 0.128 e. The first-order valence-corrected chi connectivity index (χ1v) is 2.62. The summed E-state index contributed by atoms with van der Waals surface area (Å²) in [5, 5.41) is 6.25. The Hall–Kier alpha value is -1.12. The summed E-state index contributed by atoms with van der Waals surface area (Å²) in [6.45, 7) is 0.849. The molecule has 0 saturated carbocycles. The monoisotopic (exact) mass is 109 g/mol. The molecule has 1 aliphatic heterocycles. The maximum Gasteiger partial charge on any atom is 0.128 e. The second kappa shape index (κ2) is 1.18. The minimum atomic E-state index is 0.849. The molecule has 0 atom stereocenters. The van der Waals surface area contributed by atoms with Crippen LogP contribution in [0.2, 0.25) is 0 Å². The van der Waals surface area contributed by atoms with Gasteiger partial charge < -0.3 is 15.6 Å². The van der Waals surface area contributed by atoms with Gasteiger partial charge in [0.1, 0.15) is 5.82 Å². The Morgan fingerprint density at radius 2 is 2.38 bits per heavy atom. The fourth-order valence-electron chi connectivity index (χ4n) is 0.891. The number of nitrogens with one attached hydrogen (secondary N) is 3. The van der Waals surface area contributed by atoms with E-state index in [4.69, 9.17) is 0 Å². The molecule has 0 unspecified atom stereocenters. The number of rotatable bonds is 0. The molecular formula is C5H7N3. The summed E-state index contributed by atoms with van der Waals surface area (Å²) in [4.78, 5) is 3.04.